The third-order valence-electron chi connectivity index (χ3n) is 6.42. The molecule has 174 valence electrons. The molecule has 2 heterocycles. The Hall–Kier alpha value is -3.48. The minimum absolute atomic E-state index is 0.0369. The molecule has 0 amide bonds. The van der Waals surface area contributed by atoms with E-state index >= 15 is 0 Å². The summed E-state index contributed by atoms with van der Waals surface area (Å²) in [7, 11) is 0. The van der Waals surface area contributed by atoms with Gasteiger partial charge in [-0.2, -0.15) is 5.10 Å². The summed E-state index contributed by atoms with van der Waals surface area (Å²) >= 11 is 0. The van der Waals surface area contributed by atoms with Crippen molar-refractivity contribution in [3.8, 4) is 0 Å². The molecule has 2 aliphatic rings. The summed E-state index contributed by atoms with van der Waals surface area (Å²) in [6, 6.07) is 24.3. The number of hydrogen-bond donors (Lipinski definition) is 2. The number of aldehydes is 1. The van der Waals surface area contributed by atoms with Crippen LogP contribution in [0.3, 0.4) is 0 Å². The number of rotatable bonds is 8. The highest BCUT2D eigenvalue weighted by molar-refractivity contribution is 6.13. The number of nitrogens with one attached hydrogen (secondary N) is 2. The van der Waals surface area contributed by atoms with Crippen molar-refractivity contribution >= 4 is 17.7 Å². The number of benzene rings is 3. The summed E-state index contributed by atoms with van der Waals surface area (Å²) in [6.45, 7) is 5.06. The van der Waals surface area contributed by atoms with E-state index in [4.69, 9.17) is 14.6 Å². The lowest BCUT2D eigenvalue weighted by atomic mass is 9.75. The van der Waals surface area contributed by atoms with E-state index in [9.17, 15) is 4.79 Å². The maximum atomic E-state index is 11.7. The first-order chi connectivity index (χ1) is 16.7. The second kappa shape index (κ2) is 9.79. The van der Waals surface area contributed by atoms with Gasteiger partial charge in [-0.3, -0.25) is 5.43 Å². The van der Waals surface area contributed by atoms with Gasteiger partial charge in [0.1, 0.15) is 12.3 Å². The fraction of sp³-hybridized carbons (Fsp3) is 0.286. The van der Waals surface area contributed by atoms with Crippen LogP contribution in [-0.2, 0) is 14.3 Å². The van der Waals surface area contributed by atoms with Gasteiger partial charge in [0.05, 0.1) is 17.7 Å². The van der Waals surface area contributed by atoms with Crippen molar-refractivity contribution in [1.82, 2.24) is 5.43 Å². The average molecular weight is 456 g/mol. The Morgan fingerprint density at radius 2 is 1.68 bits per heavy atom. The fourth-order valence-corrected chi connectivity index (χ4v) is 4.97. The van der Waals surface area contributed by atoms with Crippen LogP contribution in [0.4, 0.5) is 5.69 Å². The topological polar surface area (TPSA) is 72.0 Å². The van der Waals surface area contributed by atoms with Crippen LogP contribution in [0, 0.1) is 0 Å². The van der Waals surface area contributed by atoms with Crippen molar-refractivity contribution < 1.29 is 14.3 Å². The summed E-state index contributed by atoms with van der Waals surface area (Å²) < 4.78 is 11.7. The number of carbonyl (C=O) groups is 1. The van der Waals surface area contributed by atoms with Gasteiger partial charge in [0.15, 0.2) is 6.29 Å². The summed E-state index contributed by atoms with van der Waals surface area (Å²) in [6.07, 6.45) is 0.485. The molecule has 3 aromatic rings. The average Bonchev–Trinajstić information content (AvgIpc) is 2.89. The third kappa shape index (κ3) is 4.00. The van der Waals surface area contributed by atoms with Crippen molar-refractivity contribution in [2.75, 3.05) is 18.5 Å². The molecule has 0 radical (unpaired) electrons. The summed E-state index contributed by atoms with van der Waals surface area (Å²) in [5.41, 5.74) is 10.2. The molecule has 0 aliphatic carbocycles. The summed E-state index contributed by atoms with van der Waals surface area (Å²) in [5.74, 6) is -0.0833. The third-order valence-corrected chi connectivity index (χ3v) is 6.42. The Morgan fingerprint density at radius 3 is 2.41 bits per heavy atom. The minimum Gasteiger partial charge on any atom is -0.377 e. The number of nitrogens with zero attached hydrogens (tertiary/aromatic N) is 1. The highest BCUT2D eigenvalue weighted by atomic mass is 16.7. The zero-order valence-electron chi connectivity index (χ0n) is 19.4. The molecule has 5 rings (SSSR count). The molecule has 2 N–H and O–H groups in total. The second-order valence-electron chi connectivity index (χ2n) is 8.43. The zero-order valence-corrected chi connectivity index (χ0v) is 19.4. The Bertz CT molecular complexity index is 1190. The van der Waals surface area contributed by atoms with Crippen LogP contribution in [0.25, 0.3) is 0 Å². The predicted molar refractivity (Wildman–Crippen MR) is 133 cm³/mol. The Labute approximate surface area is 200 Å². The molecule has 6 nitrogen and oxygen atoms in total. The maximum absolute atomic E-state index is 11.7. The predicted octanol–water partition coefficient (Wildman–Crippen LogP) is 5.26. The molecule has 2 aliphatic heterocycles. The van der Waals surface area contributed by atoms with E-state index in [-0.39, 0.29) is 12.0 Å². The van der Waals surface area contributed by atoms with Crippen LogP contribution >= 0.6 is 0 Å². The van der Waals surface area contributed by atoms with E-state index in [1.54, 1.807) is 0 Å². The normalized spacial score (nSPS) is 20.7. The molecule has 3 unspecified atom stereocenters. The van der Waals surface area contributed by atoms with Gasteiger partial charge in [-0.25, -0.2) is 0 Å². The fourth-order valence-electron chi connectivity index (χ4n) is 4.97. The smallest absolute Gasteiger partial charge is 0.183 e. The van der Waals surface area contributed by atoms with E-state index in [2.05, 4.69) is 53.2 Å². The van der Waals surface area contributed by atoms with Gasteiger partial charge < -0.3 is 19.6 Å². The van der Waals surface area contributed by atoms with Crippen molar-refractivity contribution in [3.63, 3.8) is 0 Å². The molecule has 0 bridgehead atoms. The summed E-state index contributed by atoms with van der Waals surface area (Å²) in [5, 5.41) is 8.52. The molecule has 0 fully saturated rings. The first-order valence-corrected chi connectivity index (χ1v) is 11.8. The lowest BCUT2D eigenvalue weighted by Crippen LogP contribution is -2.38. The molecular formula is C28H29N3O3. The molecule has 0 saturated carbocycles. The van der Waals surface area contributed by atoms with Crippen molar-refractivity contribution in [3.05, 3.63) is 101 Å². The Balaban J connectivity index is 1.66. The van der Waals surface area contributed by atoms with Crippen LogP contribution in [0.15, 0.2) is 77.9 Å². The van der Waals surface area contributed by atoms with E-state index in [0.717, 1.165) is 39.9 Å². The first kappa shape index (κ1) is 22.3. The van der Waals surface area contributed by atoms with Gasteiger partial charge in [0.25, 0.3) is 0 Å². The van der Waals surface area contributed by atoms with Gasteiger partial charge in [-0.15, -0.1) is 0 Å². The first-order valence-electron chi connectivity index (χ1n) is 11.8. The van der Waals surface area contributed by atoms with Crippen LogP contribution < -0.4 is 10.7 Å². The molecule has 0 spiro atoms. The standard InChI is InChI=1S/C28H29N3O3/c1-3-33-28(34-4-2)20-13-8-12-19(16-20)24-26(18-10-6-5-7-11-18)29-22-15-9-14-21-23(17-32)30-31-27(24)25(21)22/h5-17,23-24,26,28-30H,3-4H2,1-2H3. The van der Waals surface area contributed by atoms with E-state index < -0.39 is 12.3 Å². The zero-order chi connectivity index (χ0) is 23.5. The van der Waals surface area contributed by atoms with Crippen LogP contribution in [0.5, 0.6) is 0 Å². The van der Waals surface area contributed by atoms with Gasteiger partial charge >= 0.3 is 0 Å². The number of carbonyl (C=O) groups excluding carboxylic acids is 1. The van der Waals surface area contributed by atoms with Gasteiger partial charge in [-0.05, 0) is 42.7 Å². The number of hydrogen-bond acceptors (Lipinski definition) is 6. The van der Waals surface area contributed by atoms with Crippen molar-refractivity contribution in [2.45, 2.75) is 38.1 Å². The second-order valence-corrected chi connectivity index (χ2v) is 8.43. The highest BCUT2D eigenvalue weighted by Crippen LogP contribution is 2.46. The SMILES string of the molecule is CCOC(OCC)c1cccc(C2C3=NNC(C=O)c4cccc(c43)NC2c2ccccc2)c1. The lowest BCUT2D eigenvalue weighted by molar-refractivity contribution is -0.140. The Kier molecular flexibility index (Phi) is 6.43. The van der Waals surface area contributed by atoms with Crippen molar-refractivity contribution in [2.24, 2.45) is 5.10 Å². The maximum Gasteiger partial charge on any atom is 0.183 e. The molecule has 3 aromatic carbocycles. The molecular weight excluding hydrogens is 426 g/mol. The van der Waals surface area contributed by atoms with Crippen molar-refractivity contribution in [1.29, 1.82) is 0 Å². The van der Waals surface area contributed by atoms with Gasteiger partial charge in [0, 0.05) is 30.0 Å². The molecule has 3 atom stereocenters. The lowest BCUT2D eigenvalue weighted by Gasteiger charge is -2.40. The summed E-state index contributed by atoms with van der Waals surface area (Å²) in [4.78, 5) is 11.7. The molecule has 6 heteroatoms. The number of anilines is 1. The largest absolute Gasteiger partial charge is 0.377 e. The van der Waals surface area contributed by atoms with E-state index in [1.807, 2.05) is 44.2 Å². The van der Waals surface area contributed by atoms with Crippen LogP contribution in [0.1, 0.15) is 66.0 Å². The monoisotopic (exact) mass is 455 g/mol. The Morgan fingerprint density at radius 1 is 0.941 bits per heavy atom. The number of ether oxygens (including phenoxy) is 2. The van der Waals surface area contributed by atoms with Gasteiger partial charge in [0.2, 0.25) is 0 Å². The van der Waals surface area contributed by atoms with E-state index in [0.29, 0.717) is 13.2 Å². The van der Waals surface area contributed by atoms with Crippen LogP contribution in [0.2, 0.25) is 0 Å². The minimum atomic E-state index is -0.457. The van der Waals surface area contributed by atoms with E-state index in [1.165, 1.54) is 5.56 Å². The number of hydrazone groups is 1. The van der Waals surface area contributed by atoms with Crippen LogP contribution in [-0.4, -0.2) is 25.2 Å². The highest BCUT2D eigenvalue weighted by Gasteiger charge is 2.40. The molecule has 0 saturated heterocycles. The molecule has 34 heavy (non-hydrogen) atoms. The molecule has 0 aromatic heterocycles. The van der Waals surface area contributed by atoms with Gasteiger partial charge in [-0.1, -0.05) is 60.7 Å². The quantitative estimate of drug-likeness (QED) is 0.358.